The molecule has 1 aromatic carbocycles. The van der Waals surface area contributed by atoms with Crippen LogP contribution in [0.5, 0.6) is 0 Å². The van der Waals surface area contributed by atoms with Crippen molar-refractivity contribution in [3.8, 4) is 0 Å². The summed E-state index contributed by atoms with van der Waals surface area (Å²) in [7, 11) is -1.91. The molecule has 0 amide bonds. The van der Waals surface area contributed by atoms with E-state index >= 15 is 0 Å². The molecule has 1 rings (SSSR count). The van der Waals surface area contributed by atoms with Crippen molar-refractivity contribution in [2.24, 2.45) is 0 Å². The summed E-state index contributed by atoms with van der Waals surface area (Å²) in [5.74, 6) is 0. The molecule has 0 radical (unpaired) electrons. The summed E-state index contributed by atoms with van der Waals surface area (Å²) in [4.78, 5) is 0. The average Bonchev–Trinajstić information content (AvgIpc) is 2.48. The molecule has 0 unspecified atom stereocenters. The van der Waals surface area contributed by atoms with Crippen LogP contribution in [0.25, 0.3) is 0 Å². The Morgan fingerprint density at radius 1 is 0.800 bits per heavy atom. The van der Waals surface area contributed by atoms with E-state index in [9.17, 15) is 0 Å². The van der Waals surface area contributed by atoms with Crippen molar-refractivity contribution in [1.29, 1.82) is 0 Å². The molecule has 0 fully saturated rings. The quantitative estimate of drug-likeness (QED) is 0.413. The molecule has 114 valence electrons. The van der Waals surface area contributed by atoms with Crippen LogP contribution < -0.4 is 5.30 Å². The van der Waals surface area contributed by atoms with Gasteiger partial charge in [-0.2, -0.15) is 0 Å². The van der Waals surface area contributed by atoms with Gasteiger partial charge in [-0.15, -0.1) is 0 Å². The van der Waals surface area contributed by atoms with Gasteiger partial charge in [0, 0.05) is 0 Å². The van der Waals surface area contributed by atoms with E-state index in [1.165, 1.54) is 5.30 Å². The summed E-state index contributed by atoms with van der Waals surface area (Å²) in [6, 6.07) is 10.6. The molecule has 0 atom stereocenters. The lowest BCUT2D eigenvalue weighted by Crippen LogP contribution is -2.20. The molecule has 0 saturated carbocycles. The predicted octanol–water partition coefficient (Wildman–Crippen LogP) is 5.20. The van der Waals surface area contributed by atoms with Gasteiger partial charge in [0.25, 0.3) is 0 Å². The van der Waals surface area contributed by atoms with Crippen LogP contribution >= 0.6 is 7.72 Å². The highest BCUT2D eigenvalue weighted by Crippen LogP contribution is 2.60. The Morgan fingerprint density at radius 2 is 1.35 bits per heavy atom. The van der Waals surface area contributed by atoms with Crippen molar-refractivity contribution in [3.05, 3.63) is 30.3 Å². The minimum atomic E-state index is -1.91. The Kier molecular flexibility index (Phi) is 9.09. The molecule has 0 saturated heterocycles. The van der Waals surface area contributed by atoms with E-state index in [2.05, 4.69) is 51.1 Å². The van der Waals surface area contributed by atoms with Gasteiger partial charge in [0.05, 0.1) is 13.2 Å². The van der Waals surface area contributed by atoms with Gasteiger partial charge in [0.2, 0.25) is 0 Å². The first-order valence-corrected chi connectivity index (χ1v) is 9.82. The molecule has 0 heterocycles. The van der Waals surface area contributed by atoms with Crippen molar-refractivity contribution >= 4 is 13.0 Å². The van der Waals surface area contributed by atoms with E-state index in [0.717, 1.165) is 51.5 Å². The van der Waals surface area contributed by atoms with Crippen LogP contribution in [0.3, 0.4) is 0 Å². The van der Waals surface area contributed by atoms with Crippen LogP contribution in [-0.2, 0) is 9.05 Å². The zero-order chi connectivity index (χ0) is 14.7. The molecule has 0 aliphatic carbocycles. The number of benzene rings is 1. The molecule has 0 aromatic heterocycles. The molecule has 20 heavy (non-hydrogen) atoms. The number of unbranched alkanes of at least 4 members (excludes halogenated alkanes) is 2. The molecule has 0 bridgehead atoms. The fraction of sp³-hybridized carbons (Fsp3) is 0.647. The highest BCUT2D eigenvalue weighted by atomic mass is 31.2. The van der Waals surface area contributed by atoms with Crippen LogP contribution in [0.4, 0.5) is 0 Å². The van der Waals surface area contributed by atoms with Crippen molar-refractivity contribution in [1.82, 2.24) is 0 Å². The maximum absolute atomic E-state index is 6.33. The summed E-state index contributed by atoms with van der Waals surface area (Å²) < 4.78 is 12.7. The summed E-state index contributed by atoms with van der Waals surface area (Å²) in [6.45, 7) is 8.23. The number of rotatable bonds is 11. The third kappa shape index (κ3) is 5.52. The van der Waals surface area contributed by atoms with Crippen molar-refractivity contribution in [2.75, 3.05) is 19.4 Å². The third-order valence-corrected chi connectivity index (χ3v) is 6.58. The lowest BCUT2D eigenvalue weighted by molar-refractivity contribution is 0.232. The highest BCUT2D eigenvalue weighted by Gasteiger charge is 2.43. The molecular weight excluding hydrogens is 267 g/mol. The van der Waals surface area contributed by atoms with Gasteiger partial charge in [-0.25, -0.2) is 9.05 Å². The maximum atomic E-state index is 6.33. The Labute approximate surface area is 125 Å². The van der Waals surface area contributed by atoms with Gasteiger partial charge in [-0.05, 0) is 31.4 Å². The standard InChI is InChI=1S/C17H30O2P/c1-4-7-14-18-20(16-6-3,19-15-8-5-2)17-12-10-9-11-13-17/h9-13H,4-8,14-16H2,1-3H3/q+1. The van der Waals surface area contributed by atoms with Gasteiger partial charge < -0.3 is 0 Å². The van der Waals surface area contributed by atoms with E-state index in [1.807, 2.05) is 0 Å². The zero-order valence-corrected chi connectivity index (χ0v) is 14.2. The van der Waals surface area contributed by atoms with Crippen LogP contribution in [0.15, 0.2) is 30.3 Å². The van der Waals surface area contributed by atoms with Gasteiger partial charge >= 0.3 is 7.72 Å². The second-order valence-corrected chi connectivity index (χ2v) is 7.93. The summed E-state index contributed by atoms with van der Waals surface area (Å²) >= 11 is 0. The lowest BCUT2D eigenvalue weighted by Gasteiger charge is -2.24. The van der Waals surface area contributed by atoms with E-state index in [4.69, 9.17) is 9.05 Å². The lowest BCUT2D eigenvalue weighted by atomic mass is 10.4. The number of hydrogen-bond donors (Lipinski definition) is 0. The van der Waals surface area contributed by atoms with Gasteiger partial charge in [0.1, 0.15) is 6.16 Å². The smallest absolute Gasteiger partial charge is 0.201 e. The third-order valence-electron chi connectivity index (χ3n) is 3.26. The average molecular weight is 297 g/mol. The van der Waals surface area contributed by atoms with Crippen LogP contribution in [0.2, 0.25) is 0 Å². The molecule has 2 nitrogen and oxygen atoms in total. The van der Waals surface area contributed by atoms with Crippen LogP contribution in [-0.4, -0.2) is 19.4 Å². The first kappa shape index (κ1) is 17.6. The topological polar surface area (TPSA) is 18.5 Å². The molecule has 0 aliphatic heterocycles. The molecule has 3 heteroatoms. The predicted molar refractivity (Wildman–Crippen MR) is 89.9 cm³/mol. The van der Waals surface area contributed by atoms with Crippen molar-refractivity contribution in [2.45, 2.75) is 52.9 Å². The molecular formula is C17H30O2P+. The summed E-state index contributed by atoms with van der Waals surface area (Å²) in [5, 5.41) is 1.26. The zero-order valence-electron chi connectivity index (χ0n) is 13.3. The monoisotopic (exact) mass is 297 g/mol. The second kappa shape index (κ2) is 10.3. The Balaban J connectivity index is 2.86. The minimum absolute atomic E-state index is 0.811. The molecule has 1 aromatic rings. The molecule has 0 aliphatic rings. The molecule has 0 N–H and O–H groups in total. The SMILES string of the molecule is CCCCO[P+](CCC)(OCCCC)c1ccccc1. The van der Waals surface area contributed by atoms with Crippen LogP contribution in [0, 0.1) is 0 Å². The normalized spacial score (nSPS) is 11.8. The van der Waals surface area contributed by atoms with Gasteiger partial charge in [0.15, 0.2) is 5.30 Å². The van der Waals surface area contributed by atoms with Crippen LogP contribution in [0.1, 0.15) is 52.9 Å². The summed E-state index contributed by atoms with van der Waals surface area (Å²) in [5.41, 5.74) is 0. The van der Waals surface area contributed by atoms with E-state index in [-0.39, 0.29) is 0 Å². The van der Waals surface area contributed by atoms with Crippen molar-refractivity contribution < 1.29 is 9.05 Å². The Morgan fingerprint density at radius 3 is 1.80 bits per heavy atom. The van der Waals surface area contributed by atoms with Crippen molar-refractivity contribution in [3.63, 3.8) is 0 Å². The highest BCUT2D eigenvalue weighted by molar-refractivity contribution is 7.74. The number of hydrogen-bond acceptors (Lipinski definition) is 2. The Bertz CT molecular complexity index is 330. The largest absolute Gasteiger partial charge is 0.306 e. The first-order chi connectivity index (χ1) is 9.79. The first-order valence-electron chi connectivity index (χ1n) is 8.01. The summed E-state index contributed by atoms with van der Waals surface area (Å²) in [6.07, 6.45) is 6.65. The van der Waals surface area contributed by atoms with Gasteiger partial charge in [-0.3, -0.25) is 0 Å². The second-order valence-electron chi connectivity index (χ2n) is 5.11. The van der Waals surface area contributed by atoms with E-state index < -0.39 is 7.72 Å². The minimum Gasteiger partial charge on any atom is -0.201 e. The fourth-order valence-electron chi connectivity index (χ4n) is 2.11. The Hall–Kier alpha value is -0.430. The van der Waals surface area contributed by atoms with E-state index in [1.54, 1.807) is 0 Å². The fourth-order valence-corrected chi connectivity index (χ4v) is 5.06. The maximum Gasteiger partial charge on any atom is 0.306 e. The molecule has 0 spiro atoms. The van der Waals surface area contributed by atoms with Gasteiger partial charge in [-0.1, -0.05) is 51.8 Å². The van der Waals surface area contributed by atoms with E-state index in [0.29, 0.717) is 0 Å².